The van der Waals surface area contributed by atoms with Crippen LogP contribution in [0.15, 0.2) is 29.4 Å². The molecule has 218 valence electrons. The second kappa shape index (κ2) is 12.8. The zero-order valence-electron chi connectivity index (χ0n) is 24.2. The third-order valence-corrected chi connectivity index (χ3v) is 7.73. The Bertz CT molecular complexity index is 1150. The lowest BCUT2D eigenvalue weighted by Gasteiger charge is -2.37. The number of benzene rings is 1. The number of anilines is 2. The number of carbonyl (C=O) groups excluding carboxylic acids is 1. The minimum atomic E-state index is -0.539. The molecule has 40 heavy (non-hydrogen) atoms. The Balaban J connectivity index is 1.40. The first-order chi connectivity index (χ1) is 19.1. The molecule has 12 nitrogen and oxygen atoms in total. The smallest absolute Gasteiger partial charge is 0.410 e. The van der Waals surface area contributed by atoms with Gasteiger partial charge < -0.3 is 30.3 Å². The summed E-state index contributed by atoms with van der Waals surface area (Å²) in [7, 11) is 1.65. The number of methoxy groups -OCH3 is 1. The minimum Gasteiger partial charge on any atom is -0.497 e. The van der Waals surface area contributed by atoms with Crippen LogP contribution < -0.4 is 20.7 Å². The van der Waals surface area contributed by atoms with E-state index in [1.54, 1.807) is 12.0 Å². The number of rotatable bonds is 8. The van der Waals surface area contributed by atoms with Gasteiger partial charge in [-0.15, -0.1) is 10.2 Å². The van der Waals surface area contributed by atoms with Gasteiger partial charge in [0.25, 0.3) is 0 Å². The number of nitrogen functional groups attached to an aromatic ring is 1. The highest BCUT2D eigenvalue weighted by molar-refractivity contribution is 5.69. The summed E-state index contributed by atoms with van der Waals surface area (Å²) in [5.74, 6) is 2.39. The number of ether oxygens (including phenoxy) is 2. The summed E-state index contributed by atoms with van der Waals surface area (Å²) >= 11 is 0. The van der Waals surface area contributed by atoms with E-state index in [1.807, 2.05) is 49.9 Å². The van der Waals surface area contributed by atoms with E-state index < -0.39 is 5.60 Å². The van der Waals surface area contributed by atoms with Crippen LogP contribution in [0.5, 0.6) is 5.75 Å². The Morgan fingerprint density at radius 2 is 1.85 bits per heavy atom. The van der Waals surface area contributed by atoms with Crippen molar-refractivity contribution in [3.63, 3.8) is 0 Å². The molecule has 1 saturated heterocycles. The van der Waals surface area contributed by atoms with Crippen LogP contribution in [0.1, 0.15) is 64.3 Å². The van der Waals surface area contributed by atoms with Crippen LogP contribution in [0.4, 0.5) is 16.4 Å². The van der Waals surface area contributed by atoms with Crippen molar-refractivity contribution in [2.24, 2.45) is 11.1 Å². The summed E-state index contributed by atoms with van der Waals surface area (Å²) in [6.45, 7) is 10.5. The molecule has 3 N–H and O–H groups in total. The molecule has 1 amide bonds. The maximum atomic E-state index is 12.5. The first-order valence-corrected chi connectivity index (χ1v) is 14.0. The third kappa shape index (κ3) is 7.35. The normalized spacial score (nSPS) is 22.5. The number of piperazine rings is 1. The minimum absolute atomic E-state index is 0.0384. The topological polar surface area (TPSA) is 148 Å². The molecule has 0 bridgehead atoms. The molecule has 12 heteroatoms. The van der Waals surface area contributed by atoms with Gasteiger partial charge in [0.1, 0.15) is 11.4 Å². The van der Waals surface area contributed by atoms with E-state index in [0.29, 0.717) is 50.8 Å². The summed E-state index contributed by atoms with van der Waals surface area (Å²) in [4.78, 5) is 32.8. The standard InChI is InChI=1S/C28H42N8O4/c1-18(30-17-19-6-9-21(39-5)10-7-19)22-16-20(8-11-23(22)34-38)25-31-26(24(29)32-33-25)35-12-14-36(15-13-35)27(37)40-28(2,3)4/h6-7,9-10,18,20,22-23,30H,8,11-17H2,1-5H3,(H2,29,32). The van der Waals surface area contributed by atoms with E-state index in [4.69, 9.17) is 20.2 Å². The van der Waals surface area contributed by atoms with Crippen molar-refractivity contribution in [3.8, 4) is 5.75 Å². The number of nitrogens with zero attached hydrogens (tertiary/aromatic N) is 6. The van der Waals surface area contributed by atoms with Crippen LogP contribution in [-0.4, -0.2) is 77.1 Å². The number of hydrogen-bond acceptors (Lipinski definition) is 11. The second-order valence-corrected chi connectivity index (χ2v) is 11.7. The second-order valence-electron chi connectivity index (χ2n) is 11.7. The maximum Gasteiger partial charge on any atom is 0.410 e. The van der Waals surface area contributed by atoms with Gasteiger partial charge in [0.15, 0.2) is 17.5 Å². The number of amides is 1. The molecule has 1 aliphatic carbocycles. The molecule has 2 fully saturated rings. The third-order valence-electron chi connectivity index (χ3n) is 7.73. The molecule has 2 aliphatic rings. The zero-order valence-corrected chi connectivity index (χ0v) is 24.2. The summed E-state index contributed by atoms with van der Waals surface area (Å²) in [6, 6.07) is 7.73. The van der Waals surface area contributed by atoms with Crippen LogP contribution in [0.2, 0.25) is 0 Å². The van der Waals surface area contributed by atoms with Gasteiger partial charge in [-0.05, 0) is 64.7 Å². The van der Waals surface area contributed by atoms with E-state index in [9.17, 15) is 9.70 Å². The van der Waals surface area contributed by atoms with E-state index in [1.165, 1.54) is 0 Å². The van der Waals surface area contributed by atoms with Crippen LogP contribution in [0.25, 0.3) is 0 Å². The lowest BCUT2D eigenvalue weighted by Crippen LogP contribution is -2.50. The molecule has 1 aromatic carbocycles. The Morgan fingerprint density at radius 3 is 2.48 bits per heavy atom. The molecule has 2 aromatic rings. The van der Waals surface area contributed by atoms with Gasteiger partial charge in [0.2, 0.25) is 0 Å². The fourth-order valence-corrected chi connectivity index (χ4v) is 5.44. The number of nitrogens with two attached hydrogens (primary N) is 1. The summed E-state index contributed by atoms with van der Waals surface area (Å²) in [6.07, 6.45) is 1.84. The molecule has 0 spiro atoms. The first kappa shape index (κ1) is 29.4. The number of nitrogens with one attached hydrogen (secondary N) is 1. The average molecular weight is 555 g/mol. The predicted molar refractivity (Wildman–Crippen MR) is 153 cm³/mol. The number of carbonyl (C=O) groups is 1. The summed E-state index contributed by atoms with van der Waals surface area (Å²) in [5, 5.41) is 15.6. The molecule has 2 heterocycles. The van der Waals surface area contributed by atoms with Crippen LogP contribution >= 0.6 is 0 Å². The lowest BCUT2D eigenvalue weighted by atomic mass is 9.75. The summed E-state index contributed by atoms with van der Waals surface area (Å²) in [5.41, 5.74) is 6.80. The Hall–Kier alpha value is -3.54. The lowest BCUT2D eigenvalue weighted by molar-refractivity contribution is 0.0240. The Kier molecular flexibility index (Phi) is 9.39. The van der Waals surface area contributed by atoms with Crippen LogP contribution in [-0.2, 0) is 11.3 Å². The molecular formula is C28H42N8O4. The molecule has 1 aromatic heterocycles. The van der Waals surface area contributed by atoms with Crippen molar-refractivity contribution in [1.82, 2.24) is 25.4 Å². The van der Waals surface area contributed by atoms with Gasteiger partial charge in [-0.3, -0.25) is 0 Å². The molecule has 0 radical (unpaired) electrons. The van der Waals surface area contributed by atoms with E-state index in [0.717, 1.165) is 24.2 Å². The summed E-state index contributed by atoms with van der Waals surface area (Å²) < 4.78 is 10.7. The van der Waals surface area contributed by atoms with Crippen molar-refractivity contribution >= 4 is 17.7 Å². The largest absolute Gasteiger partial charge is 0.497 e. The highest BCUT2D eigenvalue weighted by atomic mass is 16.6. The molecular weight excluding hydrogens is 512 g/mol. The fraction of sp³-hybridized carbons (Fsp3) is 0.643. The predicted octanol–water partition coefficient (Wildman–Crippen LogP) is 3.72. The molecule has 4 rings (SSSR count). The van der Waals surface area contributed by atoms with Crippen molar-refractivity contribution in [2.45, 2.75) is 77.1 Å². The highest BCUT2D eigenvalue weighted by Crippen LogP contribution is 2.38. The van der Waals surface area contributed by atoms with Gasteiger partial charge in [0.05, 0.1) is 13.2 Å². The maximum absolute atomic E-state index is 12.5. The van der Waals surface area contributed by atoms with E-state index >= 15 is 0 Å². The molecule has 4 atom stereocenters. The van der Waals surface area contributed by atoms with Crippen molar-refractivity contribution in [1.29, 1.82) is 0 Å². The Morgan fingerprint density at radius 1 is 1.15 bits per heavy atom. The average Bonchev–Trinajstić information content (AvgIpc) is 2.95. The molecule has 4 unspecified atom stereocenters. The number of aromatic nitrogens is 3. The van der Waals surface area contributed by atoms with Gasteiger partial charge >= 0.3 is 6.09 Å². The van der Waals surface area contributed by atoms with Gasteiger partial charge in [-0.1, -0.05) is 17.3 Å². The fourth-order valence-electron chi connectivity index (χ4n) is 5.44. The van der Waals surface area contributed by atoms with E-state index in [-0.39, 0.29) is 35.8 Å². The van der Waals surface area contributed by atoms with Crippen molar-refractivity contribution in [2.75, 3.05) is 43.9 Å². The molecule has 1 saturated carbocycles. The highest BCUT2D eigenvalue weighted by Gasteiger charge is 2.37. The van der Waals surface area contributed by atoms with Crippen molar-refractivity contribution in [3.05, 3.63) is 40.6 Å². The zero-order chi connectivity index (χ0) is 28.9. The van der Waals surface area contributed by atoms with Crippen LogP contribution in [0, 0.1) is 10.8 Å². The van der Waals surface area contributed by atoms with Gasteiger partial charge in [0, 0.05) is 50.6 Å². The Labute approximate surface area is 236 Å². The van der Waals surface area contributed by atoms with Crippen LogP contribution in [0.3, 0.4) is 0 Å². The first-order valence-electron chi connectivity index (χ1n) is 14.0. The van der Waals surface area contributed by atoms with Gasteiger partial charge in [-0.25, -0.2) is 9.78 Å². The quantitative estimate of drug-likeness (QED) is 0.463. The SMILES string of the molecule is COc1ccc(CNC(C)C2CC(c3nnc(N)c(N4CCN(C(=O)OC(C)(C)C)CC4)n3)CCC2N=O)cc1. The van der Waals surface area contributed by atoms with Gasteiger partial charge in [-0.2, -0.15) is 4.91 Å². The number of nitroso groups, excluding NO2 is 1. The van der Waals surface area contributed by atoms with Crippen molar-refractivity contribution < 1.29 is 14.3 Å². The number of hydrogen-bond donors (Lipinski definition) is 2. The van der Waals surface area contributed by atoms with E-state index in [2.05, 4.69) is 27.6 Å². The molecule has 1 aliphatic heterocycles. The monoisotopic (exact) mass is 554 g/mol.